The van der Waals surface area contributed by atoms with Crippen molar-refractivity contribution in [3.05, 3.63) is 23.9 Å². The molecule has 0 radical (unpaired) electrons. The molecule has 104 valence electrons. The molecule has 1 unspecified atom stereocenters. The molecule has 0 amide bonds. The van der Waals surface area contributed by atoms with E-state index in [4.69, 9.17) is 5.11 Å². The maximum absolute atomic E-state index is 11.8. The number of anilines is 1. The Morgan fingerprint density at radius 3 is 2.89 bits per heavy atom. The number of sulfone groups is 1. The molecule has 0 aromatic carbocycles. The lowest BCUT2D eigenvalue weighted by Crippen LogP contribution is -2.47. The number of carbonyl (C=O) groups is 1. The number of carboxylic acid groups (broad SMARTS) is 1. The van der Waals surface area contributed by atoms with E-state index in [2.05, 4.69) is 4.98 Å². The summed E-state index contributed by atoms with van der Waals surface area (Å²) in [7, 11) is -3.24. The largest absolute Gasteiger partial charge is 0.477 e. The van der Waals surface area contributed by atoms with Gasteiger partial charge in [0, 0.05) is 24.3 Å². The number of carboxylic acids is 1. The van der Waals surface area contributed by atoms with Crippen LogP contribution < -0.4 is 4.90 Å². The van der Waals surface area contributed by atoms with Gasteiger partial charge in [-0.1, -0.05) is 6.07 Å². The Morgan fingerprint density at radius 2 is 2.26 bits per heavy atom. The Bertz CT molecular complexity index is 588. The minimum atomic E-state index is -3.24. The second-order valence-corrected chi connectivity index (χ2v) is 7.59. The highest BCUT2D eigenvalue weighted by Gasteiger charge is 2.32. The van der Waals surface area contributed by atoms with Crippen LogP contribution in [-0.2, 0) is 9.84 Å². The zero-order valence-corrected chi connectivity index (χ0v) is 11.9. The van der Waals surface area contributed by atoms with E-state index in [1.54, 1.807) is 28.8 Å². The molecule has 0 bridgehead atoms. The second-order valence-electron chi connectivity index (χ2n) is 4.24. The highest BCUT2D eigenvalue weighted by atomic mass is 32.2. The number of rotatable bonds is 3. The van der Waals surface area contributed by atoms with Crippen molar-refractivity contribution in [1.29, 1.82) is 0 Å². The number of thioether (sulfide) groups is 1. The maximum atomic E-state index is 11.8. The highest BCUT2D eigenvalue weighted by molar-refractivity contribution is 8.01. The fourth-order valence-electron chi connectivity index (χ4n) is 1.90. The molecule has 1 aliphatic rings. The third-order valence-electron chi connectivity index (χ3n) is 2.83. The third-order valence-corrected chi connectivity index (χ3v) is 5.47. The van der Waals surface area contributed by atoms with Crippen LogP contribution in [0, 0.1) is 0 Å². The zero-order valence-electron chi connectivity index (χ0n) is 10.3. The first kappa shape index (κ1) is 14.1. The zero-order chi connectivity index (χ0) is 14.0. The van der Waals surface area contributed by atoms with E-state index in [0.717, 1.165) is 5.75 Å². The molecule has 8 heteroatoms. The third kappa shape index (κ3) is 3.19. The van der Waals surface area contributed by atoms with Gasteiger partial charge in [-0.25, -0.2) is 18.2 Å². The van der Waals surface area contributed by atoms with E-state index in [1.165, 1.54) is 12.3 Å². The molecule has 6 nitrogen and oxygen atoms in total. The lowest BCUT2D eigenvalue weighted by Gasteiger charge is -2.34. The van der Waals surface area contributed by atoms with Crippen LogP contribution >= 0.6 is 11.8 Å². The van der Waals surface area contributed by atoms with Crippen LogP contribution in [0.5, 0.6) is 0 Å². The second kappa shape index (κ2) is 5.38. The lowest BCUT2D eigenvalue weighted by atomic mass is 10.3. The molecule has 1 saturated heterocycles. The van der Waals surface area contributed by atoms with Gasteiger partial charge >= 0.3 is 5.97 Å². The van der Waals surface area contributed by atoms with Crippen molar-refractivity contribution >= 4 is 33.4 Å². The minimum absolute atomic E-state index is 0.0806. The summed E-state index contributed by atoms with van der Waals surface area (Å²) in [5.74, 6) is 0.544. The molecule has 2 rings (SSSR count). The standard InChI is InChI=1S/C11H14N2O4S2/c1-19(16,17)10-7-18-6-5-13(10)9-4-2-3-8(12-9)11(14)15/h2-4,10H,5-7H2,1H3,(H,14,15). The summed E-state index contributed by atoms with van der Waals surface area (Å²) in [6, 6.07) is 4.60. The summed E-state index contributed by atoms with van der Waals surface area (Å²) >= 11 is 1.57. The Balaban J connectivity index is 2.38. The van der Waals surface area contributed by atoms with Crippen molar-refractivity contribution in [1.82, 2.24) is 4.98 Å². The molecule has 2 heterocycles. The van der Waals surface area contributed by atoms with E-state index < -0.39 is 21.2 Å². The SMILES string of the molecule is CS(=O)(=O)C1CSCCN1c1cccc(C(=O)O)n1. The Labute approximate surface area is 115 Å². The Hall–Kier alpha value is -1.28. The number of aromatic nitrogens is 1. The van der Waals surface area contributed by atoms with Gasteiger partial charge in [-0.2, -0.15) is 11.8 Å². The molecule has 0 saturated carbocycles. The smallest absolute Gasteiger partial charge is 0.354 e. The molecule has 1 atom stereocenters. The number of nitrogens with zero attached hydrogens (tertiary/aromatic N) is 2. The average molecular weight is 302 g/mol. The first-order valence-corrected chi connectivity index (χ1v) is 8.74. The average Bonchev–Trinajstić information content (AvgIpc) is 2.38. The van der Waals surface area contributed by atoms with Gasteiger partial charge in [0.2, 0.25) is 0 Å². The van der Waals surface area contributed by atoms with Crippen molar-refractivity contribution in [3.8, 4) is 0 Å². The summed E-state index contributed by atoms with van der Waals surface area (Å²) in [5.41, 5.74) is -0.0806. The minimum Gasteiger partial charge on any atom is -0.477 e. The van der Waals surface area contributed by atoms with Gasteiger partial charge < -0.3 is 10.0 Å². The molecular formula is C11H14N2O4S2. The number of aromatic carboxylic acids is 1. The van der Waals surface area contributed by atoms with Gasteiger partial charge in [0.25, 0.3) is 0 Å². The topological polar surface area (TPSA) is 87.6 Å². The molecule has 19 heavy (non-hydrogen) atoms. The van der Waals surface area contributed by atoms with E-state index in [9.17, 15) is 13.2 Å². The highest BCUT2D eigenvalue weighted by Crippen LogP contribution is 2.25. The van der Waals surface area contributed by atoms with Crippen LogP contribution in [0.15, 0.2) is 18.2 Å². The number of hydrogen-bond acceptors (Lipinski definition) is 6. The molecule has 0 spiro atoms. The van der Waals surface area contributed by atoms with Gasteiger partial charge in [0.15, 0.2) is 15.5 Å². The van der Waals surface area contributed by atoms with Crippen LogP contribution in [-0.4, -0.2) is 54.2 Å². The van der Waals surface area contributed by atoms with Crippen LogP contribution in [0.4, 0.5) is 5.82 Å². The predicted octanol–water partition coefficient (Wildman–Crippen LogP) is 0.704. The van der Waals surface area contributed by atoms with Gasteiger partial charge in [0.05, 0.1) is 0 Å². The predicted molar refractivity (Wildman–Crippen MR) is 74.5 cm³/mol. The Kier molecular flexibility index (Phi) is 4.00. The molecule has 1 aromatic heterocycles. The van der Waals surface area contributed by atoms with Crippen molar-refractivity contribution in [2.24, 2.45) is 0 Å². The lowest BCUT2D eigenvalue weighted by molar-refractivity contribution is 0.0690. The molecule has 1 aromatic rings. The first-order chi connectivity index (χ1) is 8.89. The maximum Gasteiger partial charge on any atom is 0.354 e. The molecule has 0 aliphatic carbocycles. The van der Waals surface area contributed by atoms with Crippen LogP contribution in [0.3, 0.4) is 0 Å². The van der Waals surface area contributed by atoms with E-state index >= 15 is 0 Å². The van der Waals surface area contributed by atoms with Gasteiger partial charge in [0.1, 0.15) is 11.2 Å². The summed E-state index contributed by atoms with van der Waals surface area (Å²) in [5, 5.41) is 8.28. The van der Waals surface area contributed by atoms with Crippen molar-refractivity contribution in [3.63, 3.8) is 0 Å². The number of hydrogen-bond donors (Lipinski definition) is 1. The van der Waals surface area contributed by atoms with Gasteiger partial charge in [-0.15, -0.1) is 0 Å². The summed E-state index contributed by atoms with van der Waals surface area (Å²) in [6.07, 6.45) is 1.19. The first-order valence-electron chi connectivity index (χ1n) is 5.63. The van der Waals surface area contributed by atoms with E-state index in [0.29, 0.717) is 18.1 Å². The van der Waals surface area contributed by atoms with Gasteiger partial charge in [-0.05, 0) is 12.1 Å². The summed E-state index contributed by atoms with van der Waals surface area (Å²) in [4.78, 5) is 16.6. The normalized spacial score (nSPS) is 20.3. The Morgan fingerprint density at radius 1 is 1.53 bits per heavy atom. The van der Waals surface area contributed by atoms with Crippen molar-refractivity contribution < 1.29 is 18.3 Å². The van der Waals surface area contributed by atoms with Crippen LogP contribution in [0.1, 0.15) is 10.5 Å². The summed E-state index contributed by atoms with van der Waals surface area (Å²) < 4.78 is 23.6. The molecular weight excluding hydrogens is 288 g/mol. The monoisotopic (exact) mass is 302 g/mol. The van der Waals surface area contributed by atoms with E-state index in [1.807, 2.05) is 0 Å². The molecule has 1 fully saturated rings. The van der Waals surface area contributed by atoms with Crippen molar-refractivity contribution in [2.45, 2.75) is 5.37 Å². The fourth-order valence-corrected chi connectivity index (χ4v) is 4.73. The molecule has 1 N–H and O–H groups in total. The van der Waals surface area contributed by atoms with Crippen LogP contribution in [0.2, 0.25) is 0 Å². The number of pyridine rings is 1. The van der Waals surface area contributed by atoms with Gasteiger partial charge in [-0.3, -0.25) is 0 Å². The van der Waals surface area contributed by atoms with E-state index in [-0.39, 0.29) is 5.69 Å². The fraction of sp³-hybridized carbons (Fsp3) is 0.455. The quantitative estimate of drug-likeness (QED) is 0.879. The van der Waals surface area contributed by atoms with Crippen molar-refractivity contribution in [2.75, 3.05) is 29.2 Å². The molecule has 1 aliphatic heterocycles. The van der Waals surface area contributed by atoms with Crippen LogP contribution in [0.25, 0.3) is 0 Å². The summed E-state index contributed by atoms with van der Waals surface area (Å²) in [6.45, 7) is 0.540.